The van der Waals surface area contributed by atoms with Crippen molar-refractivity contribution in [3.63, 3.8) is 0 Å². The van der Waals surface area contributed by atoms with E-state index in [1.165, 1.54) is 0 Å². The van der Waals surface area contributed by atoms with Gasteiger partial charge in [-0.2, -0.15) is 0 Å². The Morgan fingerprint density at radius 3 is 2.67 bits per heavy atom. The van der Waals surface area contributed by atoms with Crippen LogP contribution in [-0.4, -0.2) is 40.2 Å². The van der Waals surface area contributed by atoms with Crippen molar-refractivity contribution in [1.82, 2.24) is 5.32 Å². The Kier molecular flexibility index (Phi) is 5.51. The highest BCUT2D eigenvalue weighted by Crippen LogP contribution is 2.36. The van der Waals surface area contributed by atoms with Gasteiger partial charge in [-0.15, -0.1) is 0 Å². The summed E-state index contributed by atoms with van der Waals surface area (Å²) in [5, 5.41) is 2.97. The van der Waals surface area contributed by atoms with Crippen LogP contribution in [0.1, 0.15) is 18.4 Å². The highest BCUT2D eigenvalue weighted by Gasteiger charge is 2.30. The van der Waals surface area contributed by atoms with Gasteiger partial charge >= 0.3 is 0 Å². The van der Waals surface area contributed by atoms with Gasteiger partial charge in [-0.3, -0.25) is 0 Å². The number of benzene rings is 1. The molecule has 1 atom stereocenters. The van der Waals surface area contributed by atoms with Crippen molar-refractivity contribution >= 4 is 25.8 Å². The molecular formula is C14H20BrNO4S. The Labute approximate surface area is 134 Å². The Balaban J connectivity index is 1.99. The van der Waals surface area contributed by atoms with Crippen LogP contribution in [0.4, 0.5) is 0 Å². The standard InChI is InChI=1S/C14H20BrNO4S/c1-19-13-7-10(6-12(15)14(13)20-2)8-16-9-11-4-3-5-21(11,17)18/h6-7,11,16H,3-5,8-9H2,1-2H3. The number of ether oxygens (including phenoxy) is 2. The normalized spacial score (nSPS) is 20.4. The molecule has 1 aromatic carbocycles. The van der Waals surface area contributed by atoms with E-state index in [2.05, 4.69) is 21.2 Å². The summed E-state index contributed by atoms with van der Waals surface area (Å²) in [5.74, 6) is 1.62. The summed E-state index contributed by atoms with van der Waals surface area (Å²) in [4.78, 5) is 0. The van der Waals surface area contributed by atoms with Gasteiger partial charge in [-0.05, 0) is 46.5 Å². The van der Waals surface area contributed by atoms with Gasteiger partial charge in [0.15, 0.2) is 21.3 Å². The first-order chi connectivity index (χ1) is 9.97. The number of rotatable bonds is 6. The van der Waals surface area contributed by atoms with Crippen LogP contribution < -0.4 is 14.8 Å². The van der Waals surface area contributed by atoms with Crippen LogP contribution in [0.2, 0.25) is 0 Å². The maximum atomic E-state index is 11.8. The summed E-state index contributed by atoms with van der Waals surface area (Å²) in [7, 11) is 0.289. The Bertz CT molecular complexity index is 603. The molecule has 1 unspecified atom stereocenters. The van der Waals surface area contributed by atoms with Crippen LogP contribution in [-0.2, 0) is 16.4 Å². The fourth-order valence-corrected chi connectivity index (χ4v) is 4.99. The summed E-state index contributed by atoms with van der Waals surface area (Å²) < 4.78 is 34.9. The molecule has 1 heterocycles. The minimum Gasteiger partial charge on any atom is -0.493 e. The molecule has 0 saturated carbocycles. The summed E-state index contributed by atoms with van der Waals surface area (Å²) in [5.41, 5.74) is 1.01. The maximum Gasteiger partial charge on any atom is 0.174 e. The molecule has 1 N–H and O–H groups in total. The van der Waals surface area contributed by atoms with Gasteiger partial charge in [0, 0.05) is 13.1 Å². The lowest BCUT2D eigenvalue weighted by Gasteiger charge is -2.14. The second-order valence-corrected chi connectivity index (χ2v) is 8.33. The minimum absolute atomic E-state index is 0.249. The first kappa shape index (κ1) is 16.6. The Morgan fingerprint density at radius 1 is 1.33 bits per heavy atom. The van der Waals surface area contributed by atoms with E-state index in [0.717, 1.165) is 22.9 Å². The second-order valence-electron chi connectivity index (χ2n) is 5.08. The molecule has 1 fully saturated rings. The van der Waals surface area contributed by atoms with E-state index in [0.29, 0.717) is 30.3 Å². The van der Waals surface area contributed by atoms with Gasteiger partial charge in [0.05, 0.1) is 29.7 Å². The number of methoxy groups -OCH3 is 2. The van der Waals surface area contributed by atoms with Gasteiger partial charge in [0.1, 0.15) is 0 Å². The van der Waals surface area contributed by atoms with Crippen LogP contribution in [0.5, 0.6) is 11.5 Å². The molecule has 0 radical (unpaired) electrons. The van der Waals surface area contributed by atoms with E-state index in [4.69, 9.17) is 9.47 Å². The first-order valence-corrected chi connectivity index (χ1v) is 9.31. The SMILES string of the molecule is COc1cc(CNCC2CCCS2(=O)=O)cc(Br)c1OC. The molecule has 5 nitrogen and oxygen atoms in total. The van der Waals surface area contributed by atoms with Crippen LogP contribution in [0.25, 0.3) is 0 Å². The summed E-state index contributed by atoms with van der Waals surface area (Å²) in [6.45, 7) is 1.08. The zero-order valence-electron chi connectivity index (χ0n) is 12.2. The van der Waals surface area contributed by atoms with E-state index in [1.54, 1.807) is 14.2 Å². The van der Waals surface area contributed by atoms with Gasteiger partial charge in [-0.1, -0.05) is 0 Å². The number of sulfone groups is 1. The van der Waals surface area contributed by atoms with Gasteiger partial charge in [0.2, 0.25) is 0 Å². The molecule has 1 aromatic rings. The summed E-state index contributed by atoms with van der Waals surface area (Å²) >= 11 is 3.45. The number of halogens is 1. The zero-order valence-corrected chi connectivity index (χ0v) is 14.6. The van der Waals surface area contributed by atoms with Crippen LogP contribution in [0.15, 0.2) is 16.6 Å². The van der Waals surface area contributed by atoms with Crippen molar-refractivity contribution in [2.75, 3.05) is 26.5 Å². The molecule has 2 rings (SSSR count). The average molecular weight is 378 g/mol. The van der Waals surface area contributed by atoms with Crippen molar-refractivity contribution in [1.29, 1.82) is 0 Å². The molecule has 1 aliphatic rings. The molecule has 0 aromatic heterocycles. The van der Waals surface area contributed by atoms with Gasteiger partial charge < -0.3 is 14.8 Å². The van der Waals surface area contributed by atoms with E-state index >= 15 is 0 Å². The van der Waals surface area contributed by atoms with E-state index in [-0.39, 0.29) is 5.25 Å². The van der Waals surface area contributed by atoms with Crippen molar-refractivity contribution in [3.05, 3.63) is 22.2 Å². The highest BCUT2D eigenvalue weighted by atomic mass is 79.9. The predicted molar refractivity (Wildman–Crippen MR) is 85.8 cm³/mol. The zero-order chi connectivity index (χ0) is 15.5. The molecule has 1 saturated heterocycles. The first-order valence-electron chi connectivity index (χ1n) is 6.80. The summed E-state index contributed by atoms with van der Waals surface area (Å²) in [6.07, 6.45) is 1.53. The Morgan fingerprint density at radius 2 is 2.10 bits per heavy atom. The van der Waals surface area contributed by atoms with Crippen LogP contribution in [0.3, 0.4) is 0 Å². The third kappa shape index (κ3) is 3.90. The fraction of sp³-hybridized carbons (Fsp3) is 0.571. The molecule has 7 heteroatoms. The molecule has 1 aliphatic heterocycles. The lowest BCUT2D eigenvalue weighted by molar-refractivity contribution is 0.352. The fourth-order valence-electron chi connectivity index (χ4n) is 2.54. The molecule has 0 bridgehead atoms. The van der Waals surface area contributed by atoms with E-state index in [9.17, 15) is 8.42 Å². The number of hydrogen-bond donors (Lipinski definition) is 1. The van der Waals surface area contributed by atoms with Crippen LogP contribution >= 0.6 is 15.9 Å². The van der Waals surface area contributed by atoms with Crippen molar-refractivity contribution in [2.24, 2.45) is 0 Å². The number of nitrogens with one attached hydrogen (secondary N) is 1. The molecule has 118 valence electrons. The summed E-state index contributed by atoms with van der Waals surface area (Å²) in [6, 6.07) is 3.83. The molecule has 0 spiro atoms. The monoisotopic (exact) mass is 377 g/mol. The van der Waals surface area contributed by atoms with E-state index in [1.807, 2.05) is 12.1 Å². The number of hydrogen-bond acceptors (Lipinski definition) is 5. The molecular weight excluding hydrogens is 358 g/mol. The average Bonchev–Trinajstić information content (AvgIpc) is 2.77. The molecule has 0 aliphatic carbocycles. The van der Waals surface area contributed by atoms with Crippen molar-refractivity contribution in [2.45, 2.75) is 24.6 Å². The van der Waals surface area contributed by atoms with E-state index < -0.39 is 9.84 Å². The van der Waals surface area contributed by atoms with Crippen molar-refractivity contribution in [3.8, 4) is 11.5 Å². The quantitative estimate of drug-likeness (QED) is 0.822. The topological polar surface area (TPSA) is 64.6 Å². The van der Waals surface area contributed by atoms with Gasteiger partial charge in [-0.25, -0.2) is 8.42 Å². The lowest BCUT2D eigenvalue weighted by atomic mass is 10.2. The third-order valence-electron chi connectivity index (χ3n) is 3.66. The smallest absolute Gasteiger partial charge is 0.174 e. The highest BCUT2D eigenvalue weighted by molar-refractivity contribution is 9.10. The maximum absolute atomic E-state index is 11.8. The lowest BCUT2D eigenvalue weighted by Crippen LogP contribution is -2.30. The van der Waals surface area contributed by atoms with Gasteiger partial charge in [0.25, 0.3) is 0 Å². The van der Waals surface area contributed by atoms with Crippen LogP contribution in [0, 0.1) is 0 Å². The largest absolute Gasteiger partial charge is 0.493 e. The second kappa shape index (κ2) is 6.98. The predicted octanol–water partition coefficient (Wildman–Crippen LogP) is 2.13. The molecule has 0 amide bonds. The minimum atomic E-state index is -2.89. The molecule has 21 heavy (non-hydrogen) atoms. The Hall–Kier alpha value is -0.790. The third-order valence-corrected chi connectivity index (χ3v) is 6.52. The van der Waals surface area contributed by atoms with Crippen molar-refractivity contribution < 1.29 is 17.9 Å².